The predicted octanol–water partition coefficient (Wildman–Crippen LogP) is 4.86. The normalized spacial score (nSPS) is 23.4. The van der Waals surface area contributed by atoms with Crippen LogP contribution in [0.15, 0.2) is 78.9 Å². The van der Waals surface area contributed by atoms with Gasteiger partial charge in [0.2, 0.25) is 0 Å². The van der Waals surface area contributed by atoms with E-state index in [2.05, 4.69) is 10.2 Å². The lowest BCUT2D eigenvalue weighted by molar-refractivity contribution is -0.141. The highest BCUT2D eigenvalue weighted by atomic mass is 16.6. The van der Waals surface area contributed by atoms with Gasteiger partial charge >= 0.3 is 12.1 Å². The molecule has 4 aliphatic heterocycles. The van der Waals surface area contributed by atoms with Gasteiger partial charge in [-0.3, -0.25) is 9.69 Å². The van der Waals surface area contributed by atoms with Crippen molar-refractivity contribution < 1.29 is 29.0 Å². The van der Waals surface area contributed by atoms with Gasteiger partial charge in [-0.25, -0.2) is 9.59 Å². The Bertz CT molecular complexity index is 1460. The van der Waals surface area contributed by atoms with Crippen LogP contribution in [-0.4, -0.2) is 71.2 Å². The number of carboxylic acid groups (broad SMARTS) is 1. The van der Waals surface area contributed by atoms with Gasteiger partial charge in [0.05, 0.1) is 6.04 Å². The first kappa shape index (κ1) is 28.7. The monoisotopic (exact) mass is 583 g/mol. The highest BCUT2D eigenvalue weighted by Crippen LogP contribution is 2.31. The summed E-state index contributed by atoms with van der Waals surface area (Å²) in [5, 5.41) is 12.6. The van der Waals surface area contributed by atoms with Gasteiger partial charge in [0.25, 0.3) is 5.91 Å². The van der Waals surface area contributed by atoms with Crippen molar-refractivity contribution in [1.82, 2.24) is 15.1 Å². The van der Waals surface area contributed by atoms with Crippen LogP contribution in [-0.2, 0) is 16.1 Å². The topological polar surface area (TPSA) is 108 Å². The summed E-state index contributed by atoms with van der Waals surface area (Å²) in [7, 11) is 0. The molecule has 0 aliphatic carbocycles. The standard InChI is InChI=1S/C34H37N3O6/c38-32(37-16-6-13-29(37)33(39)40)27-11-4-7-23(19-27)22-42-28-12-5-10-26(20-28)31(25-8-2-1-3-9-25)35-34(41)43-30-21-36-17-14-24(30)15-18-36/h1-5,7-12,19-20,24,29-31H,6,13-18,21-22H2,(H,35,41)(H,39,40)/t29-,30-,31-/m0/s1. The summed E-state index contributed by atoms with van der Waals surface area (Å²) in [6.07, 6.45) is 2.77. The van der Waals surface area contributed by atoms with Gasteiger partial charge in [-0.05, 0) is 85.6 Å². The fraction of sp³-hybridized carbons (Fsp3) is 0.382. The zero-order chi connectivity index (χ0) is 29.8. The molecule has 0 radical (unpaired) electrons. The number of likely N-dealkylation sites (tertiary alicyclic amines) is 1. The van der Waals surface area contributed by atoms with Gasteiger partial charge in [-0.2, -0.15) is 0 Å². The number of nitrogens with zero attached hydrogens (tertiary/aromatic N) is 2. The van der Waals surface area contributed by atoms with E-state index in [0.29, 0.717) is 36.6 Å². The Labute approximate surface area is 251 Å². The largest absolute Gasteiger partial charge is 0.489 e. The predicted molar refractivity (Wildman–Crippen MR) is 160 cm³/mol. The molecule has 4 fully saturated rings. The Morgan fingerprint density at radius 2 is 1.65 bits per heavy atom. The van der Waals surface area contributed by atoms with Crippen molar-refractivity contribution in [3.8, 4) is 5.75 Å². The van der Waals surface area contributed by atoms with E-state index in [9.17, 15) is 19.5 Å². The van der Waals surface area contributed by atoms with E-state index >= 15 is 0 Å². The number of piperidine rings is 3. The highest BCUT2D eigenvalue weighted by Gasteiger charge is 2.37. The second-order valence-electron chi connectivity index (χ2n) is 11.6. The molecule has 2 amide bonds. The Morgan fingerprint density at radius 1 is 0.884 bits per heavy atom. The third-order valence-corrected chi connectivity index (χ3v) is 8.82. The van der Waals surface area contributed by atoms with Crippen LogP contribution in [0.3, 0.4) is 0 Å². The Hall–Kier alpha value is -4.37. The minimum absolute atomic E-state index is 0.0864. The molecule has 4 heterocycles. The Morgan fingerprint density at radius 3 is 2.40 bits per heavy atom. The zero-order valence-electron chi connectivity index (χ0n) is 24.1. The molecule has 0 spiro atoms. The molecule has 0 unspecified atom stereocenters. The average molecular weight is 584 g/mol. The second kappa shape index (κ2) is 12.9. The maximum Gasteiger partial charge on any atom is 0.408 e. The lowest BCUT2D eigenvalue weighted by Gasteiger charge is -2.43. The quantitative estimate of drug-likeness (QED) is 0.370. The highest BCUT2D eigenvalue weighted by molar-refractivity contribution is 5.97. The maximum absolute atomic E-state index is 13.1. The van der Waals surface area contributed by atoms with Gasteiger partial charge in [-0.1, -0.05) is 54.6 Å². The first-order valence-electron chi connectivity index (χ1n) is 15.0. The molecule has 4 aliphatic rings. The van der Waals surface area contributed by atoms with E-state index in [-0.39, 0.29) is 18.6 Å². The molecule has 3 aromatic rings. The number of carbonyl (C=O) groups is 3. The first-order valence-corrected chi connectivity index (χ1v) is 15.0. The smallest absolute Gasteiger partial charge is 0.408 e. The van der Waals surface area contributed by atoms with E-state index in [0.717, 1.165) is 49.2 Å². The van der Waals surface area contributed by atoms with Crippen molar-refractivity contribution in [2.45, 2.75) is 50.5 Å². The van der Waals surface area contributed by atoms with Crippen molar-refractivity contribution in [2.24, 2.45) is 5.92 Å². The van der Waals surface area contributed by atoms with Crippen LogP contribution in [0.4, 0.5) is 4.79 Å². The Balaban J connectivity index is 1.14. The fourth-order valence-corrected chi connectivity index (χ4v) is 6.52. The third kappa shape index (κ3) is 6.67. The number of alkyl carbamates (subject to hydrolysis) is 1. The van der Waals surface area contributed by atoms with Crippen molar-refractivity contribution in [3.63, 3.8) is 0 Å². The number of amides is 2. The summed E-state index contributed by atoms with van der Waals surface area (Å²) in [6.45, 7) is 3.61. The molecule has 2 N–H and O–H groups in total. The second-order valence-corrected chi connectivity index (χ2v) is 11.6. The van der Waals surface area contributed by atoms with Crippen LogP contribution < -0.4 is 10.1 Å². The minimum Gasteiger partial charge on any atom is -0.489 e. The van der Waals surface area contributed by atoms with Gasteiger partial charge in [0.1, 0.15) is 24.5 Å². The average Bonchev–Trinajstić information content (AvgIpc) is 3.54. The van der Waals surface area contributed by atoms with Crippen molar-refractivity contribution in [3.05, 3.63) is 101 Å². The lowest BCUT2D eigenvalue weighted by Crippen LogP contribution is -2.52. The van der Waals surface area contributed by atoms with Crippen LogP contribution >= 0.6 is 0 Å². The molecular formula is C34H37N3O6. The number of hydrogen-bond donors (Lipinski definition) is 2. The molecular weight excluding hydrogens is 546 g/mol. The number of benzene rings is 3. The van der Waals surface area contributed by atoms with E-state index in [1.54, 1.807) is 18.2 Å². The van der Waals surface area contributed by atoms with Crippen LogP contribution in [0, 0.1) is 5.92 Å². The number of nitrogens with one attached hydrogen (secondary N) is 1. The van der Waals surface area contributed by atoms with E-state index < -0.39 is 24.1 Å². The van der Waals surface area contributed by atoms with E-state index in [1.807, 2.05) is 60.7 Å². The zero-order valence-corrected chi connectivity index (χ0v) is 24.1. The fourth-order valence-electron chi connectivity index (χ4n) is 6.52. The Kier molecular flexibility index (Phi) is 8.60. The molecule has 0 saturated carbocycles. The van der Waals surface area contributed by atoms with Crippen LogP contribution in [0.1, 0.15) is 58.8 Å². The van der Waals surface area contributed by atoms with Gasteiger partial charge in [-0.15, -0.1) is 0 Å². The molecule has 4 saturated heterocycles. The third-order valence-electron chi connectivity index (χ3n) is 8.82. The van der Waals surface area contributed by atoms with Crippen LogP contribution in [0.5, 0.6) is 5.75 Å². The van der Waals surface area contributed by atoms with Gasteiger partial charge < -0.3 is 24.8 Å². The summed E-state index contributed by atoms with van der Waals surface area (Å²) < 4.78 is 12.1. The number of carboxylic acids is 1. The van der Waals surface area contributed by atoms with E-state index in [4.69, 9.17) is 9.47 Å². The number of rotatable bonds is 9. The van der Waals surface area contributed by atoms with Crippen LogP contribution in [0.2, 0.25) is 0 Å². The number of aliphatic carboxylic acids is 1. The molecule has 3 atom stereocenters. The van der Waals surface area contributed by atoms with Gasteiger partial charge in [0.15, 0.2) is 0 Å². The molecule has 43 heavy (non-hydrogen) atoms. The number of fused-ring (bicyclic) bond motifs is 3. The molecule has 9 nitrogen and oxygen atoms in total. The maximum atomic E-state index is 13.1. The molecule has 7 rings (SSSR count). The van der Waals surface area contributed by atoms with Gasteiger partial charge in [0, 0.05) is 18.7 Å². The minimum atomic E-state index is -0.972. The molecule has 2 bridgehead atoms. The van der Waals surface area contributed by atoms with Crippen LogP contribution in [0.25, 0.3) is 0 Å². The van der Waals surface area contributed by atoms with Crippen molar-refractivity contribution in [1.29, 1.82) is 0 Å². The summed E-state index contributed by atoms with van der Waals surface area (Å²) in [5.74, 6) is -0.213. The van der Waals surface area contributed by atoms with Crippen molar-refractivity contribution in [2.75, 3.05) is 26.2 Å². The molecule has 3 aromatic carbocycles. The number of ether oxygens (including phenoxy) is 2. The summed E-state index contributed by atoms with van der Waals surface area (Å²) >= 11 is 0. The molecule has 224 valence electrons. The lowest BCUT2D eigenvalue weighted by atomic mass is 9.86. The van der Waals surface area contributed by atoms with Crippen molar-refractivity contribution >= 4 is 18.0 Å². The summed E-state index contributed by atoms with van der Waals surface area (Å²) in [6, 6.07) is 23.3. The summed E-state index contributed by atoms with van der Waals surface area (Å²) in [5.41, 5.74) is 3.02. The molecule has 9 heteroatoms. The number of carbonyl (C=O) groups excluding carboxylic acids is 2. The SMILES string of the molecule is O=C(N[C@@H](c1ccccc1)c1cccc(OCc2cccc(C(=O)N3CCC[C@H]3C(=O)O)c2)c1)O[C@H]1CN2CCC1CC2. The first-order chi connectivity index (χ1) is 20.9. The number of hydrogen-bond acceptors (Lipinski definition) is 6. The van der Waals surface area contributed by atoms with E-state index in [1.165, 1.54) is 4.90 Å². The molecule has 0 aromatic heterocycles. The summed E-state index contributed by atoms with van der Waals surface area (Å²) in [4.78, 5) is 41.6.